The van der Waals surface area contributed by atoms with Crippen molar-refractivity contribution in [2.45, 2.75) is 18.7 Å². The van der Waals surface area contributed by atoms with Crippen molar-refractivity contribution in [2.75, 3.05) is 5.06 Å². The molecule has 0 aromatic heterocycles. The first-order chi connectivity index (χ1) is 14.2. The lowest BCUT2D eigenvalue weighted by Crippen LogP contribution is -2.36. The number of hydrogen-bond donors (Lipinski definition) is 0. The van der Waals surface area contributed by atoms with Crippen LogP contribution in [0.1, 0.15) is 17.2 Å². The van der Waals surface area contributed by atoms with Gasteiger partial charge in [-0.2, -0.15) is 0 Å². The van der Waals surface area contributed by atoms with Crippen LogP contribution in [-0.2, 0) is 21.0 Å². The maximum Gasteiger partial charge on any atom is 0.262 e. The van der Waals surface area contributed by atoms with Crippen molar-refractivity contribution < 1.29 is 14.4 Å². The molecule has 0 spiro atoms. The molecule has 0 saturated carbocycles. The van der Waals surface area contributed by atoms with Crippen LogP contribution >= 0.6 is 0 Å². The molecule has 0 radical (unpaired) electrons. The molecule has 2 fully saturated rings. The number of fused-ring (bicyclic) bond motifs is 1. The molecule has 0 aliphatic carbocycles. The van der Waals surface area contributed by atoms with Crippen LogP contribution in [0.25, 0.3) is 0 Å². The van der Waals surface area contributed by atoms with Gasteiger partial charge in [0.25, 0.3) is 5.91 Å². The zero-order valence-corrected chi connectivity index (χ0v) is 15.7. The quantitative estimate of drug-likeness (QED) is 0.643. The third-order valence-corrected chi connectivity index (χ3v) is 5.54. The summed E-state index contributed by atoms with van der Waals surface area (Å²) in [7, 11) is 0. The molecule has 5 rings (SSSR count). The van der Waals surface area contributed by atoms with Crippen molar-refractivity contribution in [3.05, 3.63) is 102 Å². The third kappa shape index (κ3) is 3.00. The first-order valence-corrected chi connectivity index (χ1v) is 9.69. The fourth-order valence-corrected chi connectivity index (χ4v) is 4.18. The van der Waals surface area contributed by atoms with Crippen molar-refractivity contribution in [1.29, 1.82) is 0 Å². The summed E-state index contributed by atoms with van der Waals surface area (Å²) in [5, 5.41) is 1.72. The van der Waals surface area contributed by atoms with E-state index < -0.39 is 12.0 Å². The molecular formula is C24H20N2O3. The number of hydroxylamine groups is 1. The van der Waals surface area contributed by atoms with Gasteiger partial charge in [-0.3, -0.25) is 19.3 Å². The Kier molecular flexibility index (Phi) is 4.37. The van der Waals surface area contributed by atoms with E-state index in [0.29, 0.717) is 0 Å². The highest BCUT2D eigenvalue weighted by molar-refractivity contribution is 6.07. The largest absolute Gasteiger partial charge is 0.275 e. The number of hydrogen-bond acceptors (Lipinski definition) is 4. The predicted octanol–water partition coefficient (Wildman–Crippen LogP) is 3.73. The molecule has 5 nitrogen and oxygen atoms in total. The van der Waals surface area contributed by atoms with Gasteiger partial charge in [-0.05, 0) is 23.3 Å². The van der Waals surface area contributed by atoms with Gasteiger partial charge in [0.05, 0.1) is 18.3 Å². The summed E-state index contributed by atoms with van der Waals surface area (Å²) >= 11 is 0. The molecule has 3 aromatic rings. The summed E-state index contributed by atoms with van der Waals surface area (Å²) in [6.45, 7) is 0.266. The lowest BCUT2D eigenvalue weighted by Gasteiger charge is -2.28. The summed E-state index contributed by atoms with van der Waals surface area (Å²) in [6.07, 6.45) is -0.809. The van der Waals surface area contributed by atoms with Gasteiger partial charge in [0.1, 0.15) is 5.92 Å². The summed E-state index contributed by atoms with van der Waals surface area (Å²) in [6, 6.07) is 28.6. The van der Waals surface area contributed by atoms with Gasteiger partial charge in [-0.1, -0.05) is 78.9 Å². The Balaban J connectivity index is 1.52. The second-order valence-corrected chi connectivity index (χ2v) is 7.32. The fourth-order valence-electron chi connectivity index (χ4n) is 4.18. The zero-order valence-electron chi connectivity index (χ0n) is 15.7. The molecule has 2 aliphatic rings. The molecule has 3 aromatic carbocycles. The van der Waals surface area contributed by atoms with Crippen LogP contribution in [0.2, 0.25) is 0 Å². The topological polar surface area (TPSA) is 49.9 Å². The molecule has 2 heterocycles. The monoisotopic (exact) mass is 384 g/mol. The van der Waals surface area contributed by atoms with E-state index in [1.54, 1.807) is 5.06 Å². The highest BCUT2D eigenvalue weighted by Gasteiger charge is 2.59. The number of nitrogens with zero attached hydrogens (tertiary/aromatic N) is 2. The lowest BCUT2D eigenvalue weighted by atomic mass is 9.90. The Bertz CT molecular complexity index is 1020. The van der Waals surface area contributed by atoms with Gasteiger partial charge >= 0.3 is 0 Å². The van der Waals surface area contributed by atoms with E-state index >= 15 is 0 Å². The zero-order chi connectivity index (χ0) is 19.8. The van der Waals surface area contributed by atoms with E-state index in [0.717, 1.165) is 16.8 Å². The van der Waals surface area contributed by atoms with Gasteiger partial charge in [0.2, 0.25) is 5.91 Å². The number of carbonyl (C=O) groups is 2. The number of para-hydroxylation sites is 1. The SMILES string of the molecule is O=C1[C@@H]2[C@@H](c3ccccc3)N(c3ccccc3)O[C@H]2C(=O)N1Cc1ccccc1. The molecule has 0 N–H and O–H groups in total. The second-order valence-electron chi connectivity index (χ2n) is 7.32. The Morgan fingerprint density at radius 2 is 1.31 bits per heavy atom. The van der Waals surface area contributed by atoms with Crippen LogP contribution in [0.15, 0.2) is 91.0 Å². The van der Waals surface area contributed by atoms with E-state index in [-0.39, 0.29) is 24.4 Å². The molecule has 29 heavy (non-hydrogen) atoms. The number of imide groups is 1. The van der Waals surface area contributed by atoms with E-state index in [1.165, 1.54) is 4.90 Å². The van der Waals surface area contributed by atoms with Crippen LogP contribution < -0.4 is 5.06 Å². The maximum atomic E-state index is 13.4. The summed E-state index contributed by atoms with van der Waals surface area (Å²) < 4.78 is 0. The minimum Gasteiger partial charge on any atom is -0.275 e. The number of benzene rings is 3. The summed E-state index contributed by atoms with van der Waals surface area (Å²) in [4.78, 5) is 33.9. The first-order valence-electron chi connectivity index (χ1n) is 9.69. The lowest BCUT2D eigenvalue weighted by molar-refractivity contribution is -0.143. The average Bonchev–Trinajstić information content (AvgIpc) is 3.28. The average molecular weight is 384 g/mol. The molecular weight excluding hydrogens is 364 g/mol. The Labute approximate surface area is 169 Å². The highest BCUT2D eigenvalue weighted by atomic mass is 16.7. The number of amides is 2. The molecule has 2 amide bonds. The minimum atomic E-state index is -0.809. The Morgan fingerprint density at radius 1 is 0.724 bits per heavy atom. The first kappa shape index (κ1) is 17.6. The third-order valence-electron chi connectivity index (χ3n) is 5.54. The van der Waals surface area contributed by atoms with Gasteiger partial charge in [0, 0.05) is 0 Å². The molecule has 2 aliphatic heterocycles. The Hall–Kier alpha value is -3.44. The smallest absolute Gasteiger partial charge is 0.262 e. The van der Waals surface area contributed by atoms with Gasteiger partial charge in [0.15, 0.2) is 6.10 Å². The molecule has 3 atom stereocenters. The van der Waals surface area contributed by atoms with Crippen molar-refractivity contribution >= 4 is 17.5 Å². The Morgan fingerprint density at radius 3 is 1.97 bits per heavy atom. The standard InChI is InChI=1S/C24H20N2O3/c27-23-20-21(18-12-6-2-7-13-18)26(19-14-8-3-9-15-19)29-22(20)24(28)25(23)16-17-10-4-1-5-11-17/h1-15,20-22H,16H2/t20-,21-,22-/m1/s1. The van der Waals surface area contributed by atoms with Crippen molar-refractivity contribution in [2.24, 2.45) is 5.92 Å². The van der Waals surface area contributed by atoms with Crippen LogP contribution in [0.5, 0.6) is 0 Å². The fraction of sp³-hybridized carbons (Fsp3) is 0.167. The van der Waals surface area contributed by atoms with Crippen molar-refractivity contribution in [3.8, 4) is 0 Å². The van der Waals surface area contributed by atoms with E-state index in [9.17, 15) is 9.59 Å². The summed E-state index contributed by atoms with van der Waals surface area (Å²) in [5.41, 5.74) is 2.70. The van der Waals surface area contributed by atoms with Crippen LogP contribution in [0.4, 0.5) is 5.69 Å². The van der Waals surface area contributed by atoms with E-state index in [1.807, 2.05) is 91.0 Å². The van der Waals surface area contributed by atoms with Crippen molar-refractivity contribution in [3.63, 3.8) is 0 Å². The molecule has 2 saturated heterocycles. The molecule has 5 heteroatoms. The van der Waals surface area contributed by atoms with E-state index in [4.69, 9.17) is 4.84 Å². The highest BCUT2D eigenvalue weighted by Crippen LogP contribution is 2.46. The number of anilines is 1. The van der Waals surface area contributed by atoms with Crippen LogP contribution in [0, 0.1) is 5.92 Å². The van der Waals surface area contributed by atoms with E-state index in [2.05, 4.69) is 0 Å². The predicted molar refractivity (Wildman–Crippen MR) is 108 cm³/mol. The van der Waals surface area contributed by atoms with Crippen LogP contribution in [0.3, 0.4) is 0 Å². The van der Waals surface area contributed by atoms with Gasteiger partial charge in [-0.25, -0.2) is 5.06 Å². The number of rotatable bonds is 4. The number of carbonyl (C=O) groups excluding carboxylic acids is 2. The van der Waals surface area contributed by atoms with Gasteiger partial charge < -0.3 is 0 Å². The normalized spacial score (nSPS) is 23.5. The molecule has 0 bridgehead atoms. The minimum absolute atomic E-state index is 0.184. The molecule has 0 unspecified atom stereocenters. The van der Waals surface area contributed by atoms with Crippen LogP contribution in [-0.4, -0.2) is 22.8 Å². The second kappa shape index (κ2) is 7.18. The summed E-state index contributed by atoms with van der Waals surface area (Å²) in [5.74, 6) is -1.03. The van der Waals surface area contributed by atoms with Gasteiger partial charge in [-0.15, -0.1) is 0 Å². The van der Waals surface area contributed by atoms with Crippen molar-refractivity contribution in [1.82, 2.24) is 4.90 Å². The molecule has 144 valence electrons. The number of likely N-dealkylation sites (tertiary alicyclic amines) is 1. The maximum absolute atomic E-state index is 13.4.